The Kier molecular flexibility index (Phi) is 4.77. The highest BCUT2D eigenvalue weighted by Gasteiger charge is 2.37. The standard InChI is InChI=1S/C18H24FNO2/c19-16-6-2-1-5-15(16)18(8-3-4-9-18)13-20-17(21)11-14-7-10-22-12-14/h1-2,5-6,14H,3-4,7-13H2,(H,20,21). The van der Waals surface area contributed by atoms with E-state index in [0.29, 0.717) is 25.5 Å². The smallest absolute Gasteiger partial charge is 0.220 e. The molecule has 1 atom stereocenters. The molecular weight excluding hydrogens is 281 g/mol. The van der Waals surface area contributed by atoms with Crippen LogP contribution in [0.15, 0.2) is 24.3 Å². The third-order valence-electron chi connectivity index (χ3n) is 5.13. The van der Waals surface area contributed by atoms with E-state index in [9.17, 15) is 9.18 Å². The summed E-state index contributed by atoms with van der Waals surface area (Å²) in [4.78, 5) is 12.2. The quantitative estimate of drug-likeness (QED) is 0.907. The summed E-state index contributed by atoms with van der Waals surface area (Å²) in [5.74, 6) is 0.258. The minimum Gasteiger partial charge on any atom is -0.381 e. The van der Waals surface area contributed by atoms with Gasteiger partial charge >= 0.3 is 0 Å². The number of nitrogens with one attached hydrogen (secondary N) is 1. The molecular formula is C18H24FNO2. The van der Waals surface area contributed by atoms with Crippen LogP contribution < -0.4 is 5.32 Å². The monoisotopic (exact) mass is 305 g/mol. The number of halogens is 1. The van der Waals surface area contributed by atoms with E-state index in [0.717, 1.165) is 44.3 Å². The summed E-state index contributed by atoms with van der Waals surface area (Å²) in [6, 6.07) is 7.00. The Morgan fingerprint density at radius 2 is 2.09 bits per heavy atom. The Balaban J connectivity index is 1.64. The minimum absolute atomic E-state index is 0.0677. The fourth-order valence-corrected chi connectivity index (χ4v) is 3.83. The average Bonchev–Trinajstić information content (AvgIpc) is 3.18. The number of carbonyl (C=O) groups excluding carboxylic acids is 1. The highest BCUT2D eigenvalue weighted by molar-refractivity contribution is 5.76. The molecule has 1 N–H and O–H groups in total. The molecule has 1 aliphatic heterocycles. The first-order valence-electron chi connectivity index (χ1n) is 8.29. The number of benzene rings is 1. The Labute approximate surface area is 131 Å². The summed E-state index contributed by atoms with van der Waals surface area (Å²) in [6.07, 6.45) is 5.57. The number of amides is 1. The molecule has 1 aliphatic carbocycles. The van der Waals surface area contributed by atoms with E-state index >= 15 is 0 Å². The van der Waals surface area contributed by atoms with Crippen LogP contribution in [-0.2, 0) is 14.9 Å². The second-order valence-electron chi connectivity index (χ2n) is 6.68. The summed E-state index contributed by atoms with van der Waals surface area (Å²) in [6.45, 7) is 1.99. The molecule has 0 radical (unpaired) electrons. The van der Waals surface area contributed by atoms with Gasteiger partial charge in [0.15, 0.2) is 0 Å². The Bertz CT molecular complexity index is 520. The minimum atomic E-state index is -0.229. The van der Waals surface area contributed by atoms with Crippen molar-refractivity contribution in [3.05, 3.63) is 35.6 Å². The molecule has 22 heavy (non-hydrogen) atoms. The maximum atomic E-state index is 14.2. The van der Waals surface area contributed by atoms with Crippen molar-refractivity contribution in [2.45, 2.75) is 43.9 Å². The fourth-order valence-electron chi connectivity index (χ4n) is 3.83. The van der Waals surface area contributed by atoms with Crippen LogP contribution in [0.1, 0.15) is 44.1 Å². The van der Waals surface area contributed by atoms with E-state index in [1.807, 2.05) is 12.1 Å². The molecule has 2 fully saturated rings. The van der Waals surface area contributed by atoms with Crippen molar-refractivity contribution < 1.29 is 13.9 Å². The van der Waals surface area contributed by atoms with Crippen LogP contribution in [0.5, 0.6) is 0 Å². The van der Waals surface area contributed by atoms with Crippen LogP contribution in [0, 0.1) is 11.7 Å². The van der Waals surface area contributed by atoms with Crippen LogP contribution in [0.4, 0.5) is 4.39 Å². The summed E-state index contributed by atoms with van der Waals surface area (Å²) >= 11 is 0. The molecule has 1 amide bonds. The molecule has 3 nitrogen and oxygen atoms in total. The fraction of sp³-hybridized carbons (Fsp3) is 0.611. The number of hydrogen-bond donors (Lipinski definition) is 1. The number of hydrogen-bond acceptors (Lipinski definition) is 2. The Morgan fingerprint density at radius 3 is 2.77 bits per heavy atom. The molecule has 1 heterocycles. The number of rotatable bonds is 5. The van der Waals surface area contributed by atoms with Gasteiger partial charge in [0.1, 0.15) is 5.82 Å². The van der Waals surface area contributed by atoms with Crippen molar-refractivity contribution >= 4 is 5.91 Å². The normalized spacial score (nSPS) is 23.6. The van der Waals surface area contributed by atoms with Gasteiger partial charge in [0.25, 0.3) is 0 Å². The van der Waals surface area contributed by atoms with Crippen molar-refractivity contribution in [2.24, 2.45) is 5.92 Å². The predicted octanol–water partition coefficient (Wildman–Crippen LogP) is 3.18. The van der Waals surface area contributed by atoms with E-state index in [4.69, 9.17) is 4.74 Å². The van der Waals surface area contributed by atoms with Crippen molar-refractivity contribution in [2.75, 3.05) is 19.8 Å². The molecule has 120 valence electrons. The second kappa shape index (κ2) is 6.78. The van der Waals surface area contributed by atoms with Gasteiger partial charge in [-0.25, -0.2) is 4.39 Å². The Hall–Kier alpha value is -1.42. The van der Waals surface area contributed by atoms with Gasteiger partial charge in [0, 0.05) is 31.6 Å². The topological polar surface area (TPSA) is 38.3 Å². The van der Waals surface area contributed by atoms with Crippen molar-refractivity contribution in [3.8, 4) is 0 Å². The van der Waals surface area contributed by atoms with Crippen molar-refractivity contribution in [1.29, 1.82) is 0 Å². The van der Waals surface area contributed by atoms with E-state index in [2.05, 4.69) is 5.32 Å². The van der Waals surface area contributed by atoms with E-state index in [1.54, 1.807) is 6.07 Å². The number of carbonyl (C=O) groups is 1. The average molecular weight is 305 g/mol. The predicted molar refractivity (Wildman–Crippen MR) is 83.1 cm³/mol. The summed E-state index contributed by atoms with van der Waals surface area (Å²) in [5, 5.41) is 3.06. The summed E-state index contributed by atoms with van der Waals surface area (Å²) in [5.41, 5.74) is 0.532. The van der Waals surface area contributed by atoms with E-state index in [1.165, 1.54) is 6.07 Å². The highest BCUT2D eigenvalue weighted by atomic mass is 19.1. The molecule has 1 saturated heterocycles. The van der Waals surface area contributed by atoms with Crippen LogP contribution in [0.25, 0.3) is 0 Å². The van der Waals surface area contributed by atoms with Gasteiger partial charge in [-0.05, 0) is 36.8 Å². The molecule has 3 rings (SSSR count). The molecule has 4 heteroatoms. The molecule has 1 saturated carbocycles. The van der Waals surface area contributed by atoms with Crippen LogP contribution in [0.3, 0.4) is 0 Å². The zero-order valence-corrected chi connectivity index (χ0v) is 12.9. The van der Waals surface area contributed by atoms with Gasteiger partial charge in [-0.15, -0.1) is 0 Å². The molecule has 0 bridgehead atoms. The first kappa shape index (κ1) is 15.5. The summed E-state index contributed by atoms with van der Waals surface area (Å²) < 4.78 is 19.5. The second-order valence-corrected chi connectivity index (χ2v) is 6.68. The van der Waals surface area contributed by atoms with Gasteiger partial charge in [0.2, 0.25) is 5.91 Å². The summed E-state index contributed by atoms with van der Waals surface area (Å²) in [7, 11) is 0. The first-order chi connectivity index (χ1) is 10.7. The zero-order chi connectivity index (χ0) is 15.4. The molecule has 1 unspecified atom stereocenters. The van der Waals surface area contributed by atoms with Gasteiger partial charge in [-0.3, -0.25) is 4.79 Å². The first-order valence-corrected chi connectivity index (χ1v) is 8.29. The molecule has 2 aliphatic rings. The number of ether oxygens (including phenoxy) is 1. The SMILES string of the molecule is O=C(CC1CCOC1)NCC1(c2ccccc2F)CCCC1. The highest BCUT2D eigenvalue weighted by Crippen LogP contribution is 2.41. The third-order valence-corrected chi connectivity index (χ3v) is 5.13. The lowest BCUT2D eigenvalue weighted by Gasteiger charge is -2.30. The van der Waals surface area contributed by atoms with Gasteiger partial charge < -0.3 is 10.1 Å². The van der Waals surface area contributed by atoms with Gasteiger partial charge in [-0.1, -0.05) is 31.0 Å². The lowest BCUT2D eigenvalue weighted by Crippen LogP contribution is -2.40. The van der Waals surface area contributed by atoms with E-state index < -0.39 is 0 Å². The Morgan fingerprint density at radius 1 is 1.32 bits per heavy atom. The molecule has 1 aromatic carbocycles. The maximum absolute atomic E-state index is 14.2. The largest absolute Gasteiger partial charge is 0.381 e. The molecule has 1 aromatic rings. The third kappa shape index (κ3) is 3.32. The lowest BCUT2D eigenvalue weighted by atomic mass is 9.78. The van der Waals surface area contributed by atoms with Crippen LogP contribution >= 0.6 is 0 Å². The van der Waals surface area contributed by atoms with Crippen LogP contribution in [0.2, 0.25) is 0 Å². The molecule has 0 aromatic heterocycles. The van der Waals surface area contributed by atoms with Crippen LogP contribution in [-0.4, -0.2) is 25.7 Å². The zero-order valence-electron chi connectivity index (χ0n) is 12.9. The van der Waals surface area contributed by atoms with Crippen molar-refractivity contribution in [3.63, 3.8) is 0 Å². The maximum Gasteiger partial charge on any atom is 0.220 e. The van der Waals surface area contributed by atoms with Gasteiger partial charge in [-0.2, -0.15) is 0 Å². The van der Waals surface area contributed by atoms with Gasteiger partial charge in [0.05, 0.1) is 0 Å². The van der Waals surface area contributed by atoms with Crippen molar-refractivity contribution in [1.82, 2.24) is 5.32 Å². The van der Waals surface area contributed by atoms with E-state index in [-0.39, 0.29) is 17.1 Å². The lowest BCUT2D eigenvalue weighted by molar-refractivity contribution is -0.122. The molecule has 0 spiro atoms.